The first kappa shape index (κ1) is 20.0. The van der Waals surface area contributed by atoms with E-state index < -0.39 is 12.1 Å². The van der Waals surface area contributed by atoms with E-state index in [1.807, 2.05) is 24.3 Å². The fraction of sp³-hybridized carbons (Fsp3) is 0.273. The molecule has 1 aliphatic rings. The van der Waals surface area contributed by atoms with E-state index in [1.54, 1.807) is 36.1 Å². The largest absolute Gasteiger partial charge is 0.479 e. The molecule has 1 aliphatic heterocycles. The lowest BCUT2D eigenvalue weighted by atomic mass is 10.00. The highest BCUT2D eigenvalue weighted by Gasteiger charge is 2.22. The Bertz CT molecular complexity index is 849. The van der Waals surface area contributed by atoms with Gasteiger partial charge in [-0.3, -0.25) is 4.79 Å². The number of esters is 1. The predicted octanol–water partition coefficient (Wildman–Crippen LogP) is 3.97. The molecule has 0 N–H and O–H groups in total. The van der Waals surface area contributed by atoms with Crippen molar-refractivity contribution in [2.24, 2.45) is 0 Å². The molecule has 1 heterocycles. The van der Waals surface area contributed by atoms with Crippen molar-refractivity contribution in [2.45, 2.75) is 19.4 Å². The van der Waals surface area contributed by atoms with Crippen molar-refractivity contribution < 1.29 is 19.1 Å². The molecule has 0 aromatic heterocycles. The monoisotopic (exact) mass is 399 g/mol. The van der Waals surface area contributed by atoms with Gasteiger partial charge in [-0.15, -0.1) is 0 Å². The number of hydrogen-bond donors (Lipinski definition) is 0. The number of halogens is 1. The van der Waals surface area contributed by atoms with E-state index in [0.717, 1.165) is 6.42 Å². The zero-order valence-corrected chi connectivity index (χ0v) is 16.4. The number of benzene rings is 2. The molecule has 0 bridgehead atoms. The second kappa shape index (κ2) is 9.42. The second-order valence-corrected chi connectivity index (χ2v) is 6.94. The van der Waals surface area contributed by atoms with Gasteiger partial charge in [-0.05, 0) is 48.7 Å². The predicted molar refractivity (Wildman–Crippen MR) is 108 cm³/mol. The third kappa shape index (κ3) is 5.36. The van der Waals surface area contributed by atoms with Gasteiger partial charge < -0.3 is 14.4 Å². The van der Waals surface area contributed by atoms with E-state index in [0.29, 0.717) is 23.9 Å². The number of ether oxygens (including phenoxy) is 2. The maximum absolute atomic E-state index is 12.3. The van der Waals surface area contributed by atoms with Crippen LogP contribution in [0.1, 0.15) is 18.9 Å². The van der Waals surface area contributed by atoms with E-state index >= 15 is 0 Å². The number of amides is 1. The van der Waals surface area contributed by atoms with E-state index in [-0.39, 0.29) is 12.5 Å². The first-order chi connectivity index (χ1) is 13.5. The van der Waals surface area contributed by atoms with E-state index in [9.17, 15) is 9.59 Å². The molecule has 0 unspecified atom stereocenters. The maximum atomic E-state index is 12.3. The summed E-state index contributed by atoms with van der Waals surface area (Å²) >= 11 is 5.82. The molecule has 1 amide bonds. The number of carbonyl (C=O) groups is 2. The number of rotatable bonds is 6. The molecule has 1 atom stereocenters. The van der Waals surface area contributed by atoms with Gasteiger partial charge >= 0.3 is 5.97 Å². The molecule has 2 aromatic carbocycles. The Morgan fingerprint density at radius 1 is 1.11 bits per heavy atom. The zero-order valence-electron chi connectivity index (χ0n) is 15.6. The van der Waals surface area contributed by atoms with Crippen LogP contribution in [0.25, 0.3) is 5.57 Å². The van der Waals surface area contributed by atoms with Crippen LogP contribution >= 0.6 is 11.6 Å². The molecular formula is C22H22ClNO4. The smallest absolute Gasteiger partial charge is 0.347 e. The fourth-order valence-electron chi connectivity index (χ4n) is 2.92. The summed E-state index contributed by atoms with van der Waals surface area (Å²) in [5, 5.41) is 0.583. The minimum atomic E-state index is -0.820. The average molecular weight is 400 g/mol. The van der Waals surface area contributed by atoms with Gasteiger partial charge in [0.15, 0.2) is 12.7 Å². The summed E-state index contributed by atoms with van der Waals surface area (Å²) in [5.41, 5.74) is 2.40. The third-order valence-electron chi connectivity index (χ3n) is 4.50. The third-order valence-corrected chi connectivity index (χ3v) is 4.75. The Labute approximate surface area is 169 Å². The van der Waals surface area contributed by atoms with Crippen LogP contribution in [-0.2, 0) is 14.3 Å². The Morgan fingerprint density at radius 2 is 1.82 bits per heavy atom. The van der Waals surface area contributed by atoms with Crippen molar-refractivity contribution in [3.63, 3.8) is 0 Å². The summed E-state index contributed by atoms with van der Waals surface area (Å²) in [6.45, 7) is 2.41. The highest BCUT2D eigenvalue weighted by Crippen LogP contribution is 2.22. The van der Waals surface area contributed by atoms with Crippen LogP contribution in [0.15, 0.2) is 60.7 Å². The molecular weight excluding hydrogens is 378 g/mol. The molecule has 0 saturated carbocycles. The Balaban J connectivity index is 1.45. The first-order valence-electron chi connectivity index (χ1n) is 9.14. The highest BCUT2D eigenvalue weighted by atomic mass is 35.5. The van der Waals surface area contributed by atoms with Crippen LogP contribution in [0.2, 0.25) is 5.02 Å². The minimum absolute atomic E-state index is 0.213. The molecule has 3 rings (SSSR count). The number of hydrogen-bond acceptors (Lipinski definition) is 4. The topological polar surface area (TPSA) is 55.8 Å². The van der Waals surface area contributed by atoms with Gasteiger partial charge in [0, 0.05) is 18.1 Å². The molecule has 0 fully saturated rings. The van der Waals surface area contributed by atoms with Crippen molar-refractivity contribution in [1.82, 2.24) is 4.90 Å². The molecule has 6 heteroatoms. The summed E-state index contributed by atoms with van der Waals surface area (Å²) in [4.78, 5) is 26.1. The molecule has 146 valence electrons. The van der Waals surface area contributed by atoms with Gasteiger partial charge in [-0.2, -0.15) is 0 Å². The number of nitrogens with zero attached hydrogens (tertiary/aromatic N) is 1. The molecule has 0 saturated heterocycles. The van der Waals surface area contributed by atoms with Gasteiger partial charge in [0.2, 0.25) is 0 Å². The second-order valence-electron chi connectivity index (χ2n) is 6.51. The van der Waals surface area contributed by atoms with Crippen LogP contribution in [-0.4, -0.2) is 42.6 Å². The van der Waals surface area contributed by atoms with E-state index in [4.69, 9.17) is 21.1 Å². The van der Waals surface area contributed by atoms with Crippen LogP contribution < -0.4 is 4.74 Å². The SMILES string of the molecule is C[C@H](Oc1ccc(Cl)cc1)C(=O)OCC(=O)N1CC=C(c2ccccc2)CC1. The van der Waals surface area contributed by atoms with Gasteiger partial charge in [-0.25, -0.2) is 4.79 Å². The molecule has 5 nitrogen and oxygen atoms in total. The van der Waals surface area contributed by atoms with Crippen LogP contribution in [0, 0.1) is 0 Å². The standard InChI is InChI=1S/C22H22ClNO4/c1-16(28-20-9-7-19(23)8-10-20)22(26)27-15-21(25)24-13-11-18(12-14-24)17-5-3-2-4-6-17/h2-11,16H,12-15H2,1H3/t16-/m0/s1. The first-order valence-corrected chi connectivity index (χ1v) is 9.52. The highest BCUT2D eigenvalue weighted by molar-refractivity contribution is 6.30. The summed E-state index contributed by atoms with van der Waals surface area (Å²) in [6.07, 6.45) is 2.00. The molecule has 0 aliphatic carbocycles. The maximum Gasteiger partial charge on any atom is 0.347 e. The molecule has 2 aromatic rings. The van der Waals surface area contributed by atoms with Crippen molar-refractivity contribution in [2.75, 3.05) is 19.7 Å². The van der Waals surface area contributed by atoms with E-state index in [2.05, 4.69) is 12.1 Å². The normalized spacial score (nSPS) is 14.8. The van der Waals surface area contributed by atoms with Crippen molar-refractivity contribution in [1.29, 1.82) is 0 Å². The Morgan fingerprint density at radius 3 is 2.46 bits per heavy atom. The van der Waals surface area contributed by atoms with Crippen LogP contribution in [0.4, 0.5) is 0 Å². The summed E-state index contributed by atoms with van der Waals surface area (Å²) in [7, 11) is 0. The summed E-state index contributed by atoms with van der Waals surface area (Å²) in [6, 6.07) is 16.8. The zero-order chi connectivity index (χ0) is 19.9. The van der Waals surface area contributed by atoms with Crippen molar-refractivity contribution in [3.8, 4) is 5.75 Å². The lowest BCUT2D eigenvalue weighted by Crippen LogP contribution is -2.38. The summed E-state index contributed by atoms with van der Waals surface area (Å²) < 4.78 is 10.6. The van der Waals surface area contributed by atoms with Gasteiger partial charge in [0.05, 0.1) is 0 Å². The molecule has 28 heavy (non-hydrogen) atoms. The van der Waals surface area contributed by atoms with Gasteiger partial charge in [-0.1, -0.05) is 48.0 Å². The van der Waals surface area contributed by atoms with Crippen LogP contribution in [0.5, 0.6) is 5.75 Å². The lowest BCUT2D eigenvalue weighted by Gasteiger charge is -2.26. The van der Waals surface area contributed by atoms with Gasteiger partial charge in [0.1, 0.15) is 5.75 Å². The molecule has 0 spiro atoms. The van der Waals surface area contributed by atoms with Crippen molar-refractivity contribution >= 4 is 29.1 Å². The van der Waals surface area contributed by atoms with Crippen LogP contribution in [0.3, 0.4) is 0 Å². The fourth-order valence-corrected chi connectivity index (χ4v) is 3.04. The van der Waals surface area contributed by atoms with E-state index in [1.165, 1.54) is 11.1 Å². The molecule has 0 radical (unpaired) electrons. The minimum Gasteiger partial charge on any atom is -0.479 e. The quantitative estimate of drug-likeness (QED) is 0.690. The number of carbonyl (C=O) groups excluding carboxylic acids is 2. The average Bonchev–Trinajstić information content (AvgIpc) is 2.74. The lowest BCUT2D eigenvalue weighted by molar-refractivity contribution is -0.157. The van der Waals surface area contributed by atoms with Crippen molar-refractivity contribution in [3.05, 3.63) is 71.3 Å². The Hall–Kier alpha value is -2.79. The van der Waals surface area contributed by atoms with Gasteiger partial charge in [0.25, 0.3) is 5.91 Å². The Kier molecular flexibility index (Phi) is 6.71. The summed E-state index contributed by atoms with van der Waals surface area (Å²) in [5.74, 6) is -0.286.